The van der Waals surface area contributed by atoms with Crippen LogP contribution in [0.15, 0.2) is 82.9 Å². The summed E-state index contributed by atoms with van der Waals surface area (Å²) in [6.45, 7) is 4.46. The molecule has 1 atom stereocenters. The normalized spacial score (nSPS) is 15.2. The van der Waals surface area contributed by atoms with Crippen molar-refractivity contribution in [3.63, 3.8) is 0 Å². The molecule has 0 radical (unpaired) electrons. The molecule has 4 aromatic rings. The number of halogens is 4. The van der Waals surface area contributed by atoms with Crippen LogP contribution >= 0.6 is 23.4 Å². The Balaban J connectivity index is 1.48. The van der Waals surface area contributed by atoms with Crippen LogP contribution in [0.4, 0.5) is 13.2 Å². The first-order chi connectivity index (χ1) is 21.8. The minimum Gasteiger partial charge on any atom is -0.341 e. The lowest BCUT2D eigenvalue weighted by atomic mass is 9.85. The van der Waals surface area contributed by atoms with Gasteiger partial charge in [0.2, 0.25) is 5.78 Å². The number of thioether (sulfide) groups is 1. The van der Waals surface area contributed by atoms with E-state index in [2.05, 4.69) is 14.0 Å². The number of fused-ring (bicyclic) bond motifs is 3. The lowest BCUT2D eigenvalue weighted by molar-refractivity contribution is -0.0541. The van der Waals surface area contributed by atoms with Crippen LogP contribution in [0, 0.1) is 12.8 Å². The SMILES string of the molecule is CCn1c2c(c3cc(C(=O)/C(CCSc4ccc(Cl)cc4)=N/OS(=O)(=O)C(F)(F)F)ccc31)CC(C(=O)c1ccccc1C)C=C2. The quantitative estimate of drug-likeness (QED) is 0.0518. The molecule has 1 aromatic heterocycles. The zero-order valence-electron chi connectivity index (χ0n) is 24.7. The van der Waals surface area contributed by atoms with Gasteiger partial charge in [-0.05, 0) is 79.9 Å². The Labute approximate surface area is 273 Å². The molecule has 0 fully saturated rings. The van der Waals surface area contributed by atoms with Crippen molar-refractivity contribution in [2.75, 3.05) is 5.75 Å². The second-order valence-corrected chi connectivity index (χ2v) is 13.7. The Hall–Kier alpha value is -3.87. The fourth-order valence-electron chi connectivity index (χ4n) is 5.36. The summed E-state index contributed by atoms with van der Waals surface area (Å²) in [4.78, 5) is 27.9. The molecule has 46 heavy (non-hydrogen) atoms. The molecule has 0 amide bonds. The molecule has 7 nitrogen and oxygen atoms in total. The van der Waals surface area contributed by atoms with Crippen LogP contribution in [0.2, 0.25) is 5.02 Å². The Morgan fingerprint density at radius 3 is 2.48 bits per heavy atom. The summed E-state index contributed by atoms with van der Waals surface area (Å²) in [7, 11) is -6.08. The van der Waals surface area contributed by atoms with E-state index in [9.17, 15) is 31.2 Å². The van der Waals surface area contributed by atoms with Gasteiger partial charge in [-0.1, -0.05) is 47.1 Å². The maximum atomic E-state index is 13.7. The van der Waals surface area contributed by atoms with E-state index in [0.717, 1.165) is 27.2 Å². The summed E-state index contributed by atoms with van der Waals surface area (Å²) in [6, 6.07) is 19.0. The summed E-state index contributed by atoms with van der Waals surface area (Å²) in [6.07, 6.45) is 3.98. The number of benzene rings is 3. The highest BCUT2D eigenvalue weighted by Gasteiger charge is 2.49. The number of carbonyl (C=O) groups is 2. The van der Waals surface area contributed by atoms with Gasteiger partial charge in [0.25, 0.3) is 0 Å². The third kappa shape index (κ3) is 6.93. The Kier molecular flexibility index (Phi) is 9.81. The Morgan fingerprint density at radius 2 is 1.80 bits per heavy atom. The molecule has 5 rings (SSSR count). The largest absolute Gasteiger partial charge is 0.536 e. The summed E-state index contributed by atoms with van der Waals surface area (Å²) < 4.78 is 68.2. The molecule has 1 aliphatic carbocycles. The molecule has 0 saturated carbocycles. The molecule has 3 aromatic carbocycles. The fourth-order valence-corrected chi connectivity index (χ4v) is 6.61. The van der Waals surface area contributed by atoms with Crippen LogP contribution in [0.1, 0.15) is 50.9 Å². The molecule has 0 spiro atoms. The number of rotatable bonds is 11. The van der Waals surface area contributed by atoms with Gasteiger partial charge in [0.1, 0.15) is 5.71 Å². The number of oxime groups is 1. The van der Waals surface area contributed by atoms with E-state index in [1.54, 1.807) is 42.5 Å². The zero-order valence-corrected chi connectivity index (χ0v) is 27.1. The Morgan fingerprint density at radius 1 is 1.09 bits per heavy atom. The minimum atomic E-state index is -6.08. The summed E-state index contributed by atoms with van der Waals surface area (Å²) in [5, 5.41) is 4.43. The average Bonchev–Trinajstić information content (AvgIpc) is 3.34. The maximum Gasteiger partial charge on any atom is 0.536 e. The van der Waals surface area contributed by atoms with E-state index in [0.29, 0.717) is 28.9 Å². The number of hydrogen-bond donors (Lipinski definition) is 0. The maximum absolute atomic E-state index is 13.7. The average molecular weight is 689 g/mol. The number of Topliss-reactive ketones (excluding diaryl/α,β-unsaturated/α-hetero) is 2. The van der Waals surface area contributed by atoms with Gasteiger partial charge in [0, 0.05) is 62.3 Å². The van der Waals surface area contributed by atoms with E-state index in [1.165, 1.54) is 17.8 Å². The summed E-state index contributed by atoms with van der Waals surface area (Å²) in [5.74, 6) is -1.07. The first-order valence-corrected chi connectivity index (χ1v) is 17.0. The Bertz CT molecular complexity index is 1980. The molecule has 0 aliphatic heterocycles. The lowest BCUT2D eigenvalue weighted by Gasteiger charge is -2.18. The van der Waals surface area contributed by atoms with Crippen molar-refractivity contribution in [1.82, 2.24) is 4.57 Å². The van der Waals surface area contributed by atoms with Crippen molar-refractivity contribution >= 4 is 67.7 Å². The van der Waals surface area contributed by atoms with Crippen LogP contribution in [-0.4, -0.2) is 41.5 Å². The molecule has 1 aliphatic rings. The highest BCUT2D eigenvalue weighted by atomic mass is 35.5. The van der Waals surface area contributed by atoms with Crippen molar-refractivity contribution in [2.45, 2.75) is 43.6 Å². The number of carbonyl (C=O) groups excluding carboxylic acids is 2. The topological polar surface area (TPSA) is 94.8 Å². The molecule has 1 unspecified atom stereocenters. The fraction of sp³-hybridized carbons (Fsp3) is 0.242. The smallest absolute Gasteiger partial charge is 0.341 e. The molecular formula is C33H28ClF3N2O5S2. The van der Waals surface area contributed by atoms with E-state index in [1.807, 2.05) is 44.2 Å². The van der Waals surface area contributed by atoms with Gasteiger partial charge in [-0.25, -0.2) is 0 Å². The van der Waals surface area contributed by atoms with Crippen LogP contribution in [0.25, 0.3) is 17.0 Å². The number of alkyl halides is 3. The highest BCUT2D eigenvalue weighted by Crippen LogP contribution is 2.35. The predicted octanol–water partition coefficient (Wildman–Crippen LogP) is 8.28. The van der Waals surface area contributed by atoms with Crippen LogP contribution in [0.5, 0.6) is 0 Å². The zero-order chi connectivity index (χ0) is 33.2. The lowest BCUT2D eigenvalue weighted by Crippen LogP contribution is -2.25. The molecule has 0 bridgehead atoms. The second-order valence-electron chi connectivity index (χ2n) is 10.6. The predicted molar refractivity (Wildman–Crippen MR) is 174 cm³/mol. The van der Waals surface area contributed by atoms with Crippen molar-refractivity contribution < 1.29 is 35.5 Å². The van der Waals surface area contributed by atoms with Crippen molar-refractivity contribution in [2.24, 2.45) is 11.1 Å². The van der Waals surface area contributed by atoms with Crippen LogP contribution < -0.4 is 0 Å². The minimum absolute atomic E-state index is 0.0275. The monoisotopic (exact) mass is 688 g/mol. The molecule has 13 heteroatoms. The number of allylic oxidation sites excluding steroid dienone is 1. The van der Waals surface area contributed by atoms with Gasteiger partial charge in [-0.15, -0.1) is 11.8 Å². The number of aromatic nitrogens is 1. The van der Waals surface area contributed by atoms with Crippen molar-refractivity contribution in [3.8, 4) is 0 Å². The van der Waals surface area contributed by atoms with Gasteiger partial charge in [-0.2, -0.15) is 21.6 Å². The van der Waals surface area contributed by atoms with Gasteiger partial charge in [0.05, 0.1) is 0 Å². The molecule has 1 heterocycles. The van der Waals surface area contributed by atoms with E-state index in [4.69, 9.17) is 11.6 Å². The first kappa shape index (κ1) is 33.5. The number of aryl methyl sites for hydroxylation is 2. The standard InChI is InChI=1S/C33H28ClF3N2O5S2/c1-3-39-29-14-8-21(31(40)25-7-5-4-6-20(25)2)18-26(29)27-19-22(9-15-30(27)39)32(41)28(38-44-46(42,43)33(35,36)37)16-17-45-24-12-10-23(34)11-13-24/h4-15,19,21H,3,16-18H2,1-2H3/b38-28+. The third-order valence-corrected chi connectivity index (χ3v) is 9.76. The molecule has 0 saturated heterocycles. The molecule has 240 valence electrons. The van der Waals surface area contributed by atoms with E-state index < -0.39 is 33.0 Å². The van der Waals surface area contributed by atoms with Gasteiger partial charge in [0.15, 0.2) is 5.78 Å². The highest BCUT2D eigenvalue weighted by molar-refractivity contribution is 7.99. The van der Waals surface area contributed by atoms with Gasteiger partial charge < -0.3 is 4.57 Å². The summed E-state index contributed by atoms with van der Waals surface area (Å²) >= 11 is 7.20. The third-order valence-electron chi connectivity index (χ3n) is 7.66. The molecule has 0 N–H and O–H groups in total. The van der Waals surface area contributed by atoms with Gasteiger partial charge in [-0.3, -0.25) is 13.9 Å². The number of ketones is 2. The van der Waals surface area contributed by atoms with Crippen molar-refractivity contribution in [1.29, 1.82) is 0 Å². The van der Waals surface area contributed by atoms with Gasteiger partial charge >= 0.3 is 15.6 Å². The number of hydrogen-bond acceptors (Lipinski definition) is 7. The van der Waals surface area contributed by atoms with Crippen molar-refractivity contribution in [3.05, 3.63) is 106 Å². The van der Waals surface area contributed by atoms with E-state index in [-0.39, 0.29) is 23.5 Å². The van der Waals surface area contributed by atoms with Crippen LogP contribution in [-0.2, 0) is 27.4 Å². The molecular weight excluding hydrogens is 661 g/mol. The second kappa shape index (κ2) is 13.5. The number of nitrogens with zero attached hydrogens (tertiary/aromatic N) is 2. The summed E-state index contributed by atoms with van der Waals surface area (Å²) in [5.41, 5.74) is -2.08. The van der Waals surface area contributed by atoms with Crippen LogP contribution in [0.3, 0.4) is 0 Å². The van der Waals surface area contributed by atoms with E-state index >= 15 is 0 Å². The first-order valence-electron chi connectivity index (χ1n) is 14.2.